The lowest BCUT2D eigenvalue weighted by atomic mass is 10.0. The van der Waals surface area contributed by atoms with Crippen molar-refractivity contribution in [3.63, 3.8) is 0 Å². The van der Waals surface area contributed by atoms with Crippen LogP contribution in [0.25, 0.3) is 0 Å². The van der Waals surface area contributed by atoms with Gasteiger partial charge in [-0.3, -0.25) is 4.68 Å². The Balaban J connectivity index is 2.33. The summed E-state index contributed by atoms with van der Waals surface area (Å²) in [5, 5.41) is 8.03. The van der Waals surface area contributed by atoms with Gasteiger partial charge in [-0.05, 0) is 41.0 Å². The van der Waals surface area contributed by atoms with Crippen molar-refractivity contribution in [1.29, 1.82) is 0 Å². The van der Waals surface area contributed by atoms with E-state index in [1.54, 1.807) is 0 Å². The Morgan fingerprint density at radius 1 is 1.30 bits per heavy atom. The van der Waals surface area contributed by atoms with Crippen molar-refractivity contribution < 1.29 is 0 Å². The Labute approximate surface area is 137 Å². The third-order valence-corrected chi connectivity index (χ3v) is 5.14. The molecule has 0 spiro atoms. The molecule has 0 aliphatic rings. The quantitative estimate of drug-likeness (QED) is 0.816. The van der Waals surface area contributed by atoms with E-state index in [2.05, 4.69) is 67.4 Å². The summed E-state index contributed by atoms with van der Waals surface area (Å²) >= 11 is 7.30. The molecule has 1 aromatic heterocycles. The number of hydrogen-bond donors (Lipinski definition) is 1. The van der Waals surface area contributed by atoms with Crippen molar-refractivity contribution in [2.75, 3.05) is 6.54 Å². The minimum absolute atomic E-state index is 0.265. The second kappa shape index (κ2) is 6.87. The van der Waals surface area contributed by atoms with Crippen molar-refractivity contribution in [2.24, 2.45) is 7.05 Å². The highest BCUT2D eigenvalue weighted by Gasteiger charge is 2.19. The Kier molecular flexibility index (Phi) is 5.41. The lowest BCUT2D eigenvalue weighted by molar-refractivity contribution is 0.526. The highest BCUT2D eigenvalue weighted by atomic mass is 79.9. The smallest absolute Gasteiger partial charge is 0.0738 e. The molecular weight excluding hydrogens is 382 g/mol. The van der Waals surface area contributed by atoms with E-state index in [1.807, 2.05) is 24.7 Å². The van der Waals surface area contributed by atoms with E-state index in [9.17, 15) is 0 Å². The standard InChI is InChI=1S/C15H19Br2N3/c1-4-18-13(11-7-5-6-8-12(11)16)9-14-15(17)10(2)19-20(14)3/h5-8,13,18H,4,9H2,1-3H3. The number of rotatable bonds is 5. The minimum Gasteiger partial charge on any atom is -0.310 e. The summed E-state index contributed by atoms with van der Waals surface area (Å²) in [6, 6.07) is 8.63. The van der Waals surface area contributed by atoms with Crippen molar-refractivity contribution in [3.05, 3.63) is 50.2 Å². The summed E-state index contributed by atoms with van der Waals surface area (Å²) < 4.78 is 4.21. The largest absolute Gasteiger partial charge is 0.310 e. The zero-order chi connectivity index (χ0) is 14.7. The molecule has 5 heteroatoms. The Hall–Kier alpha value is -0.650. The lowest BCUT2D eigenvalue weighted by Crippen LogP contribution is -2.24. The Morgan fingerprint density at radius 3 is 2.55 bits per heavy atom. The van der Waals surface area contributed by atoms with Gasteiger partial charge in [0, 0.05) is 24.0 Å². The topological polar surface area (TPSA) is 29.9 Å². The molecule has 1 unspecified atom stereocenters. The van der Waals surface area contributed by atoms with E-state index in [4.69, 9.17) is 0 Å². The molecule has 0 saturated carbocycles. The van der Waals surface area contributed by atoms with Gasteiger partial charge >= 0.3 is 0 Å². The second-order valence-electron chi connectivity index (χ2n) is 4.81. The maximum Gasteiger partial charge on any atom is 0.0738 e. The van der Waals surface area contributed by atoms with Gasteiger partial charge < -0.3 is 5.32 Å². The molecule has 0 aliphatic heterocycles. The van der Waals surface area contributed by atoms with E-state index in [1.165, 1.54) is 11.3 Å². The Bertz CT molecular complexity index is 593. The first kappa shape index (κ1) is 15.7. The number of nitrogens with zero attached hydrogens (tertiary/aromatic N) is 2. The first-order chi connectivity index (χ1) is 9.54. The summed E-state index contributed by atoms with van der Waals surface area (Å²) in [5.41, 5.74) is 3.52. The van der Waals surface area contributed by atoms with Gasteiger partial charge in [0.25, 0.3) is 0 Å². The van der Waals surface area contributed by atoms with Crippen LogP contribution < -0.4 is 5.32 Å². The normalized spacial score (nSPS) is 12.7. The first-order valence-electron chi connectivity index (χ1n) is 6.70. The third kappa shape index (κ3) is 3.32. The molecule has 0 radical (unpaired) electrons. The van der Waals surface area contributed by atoms with Crippen LogP contribution in [-0.2, 0) is 13.5 Å². The van der Waals surface area contributed by atoms with Crippen molar-refractivity contribution in [3.8, 4) is 0 Å². The molecule has 1 aromatic carbocycles. The molecule has 0 aliphatic carbocycles. The summed E-state index contributed by atoms with van der Waals surface area (Å²) in [7, 11) is 2.00. The number of aromatic nitrogens is 2. The van der Waals surface area contributed by atoms with Gasteiger partial charge in [-0.15, -0.1) is 0 Å². The second-order valence-corrected chi connectivity index (χ2v) is 6.45. The molecule has 1 N–H and O–H groups in total. The van der Waals surface area contributed by atoms with Crippen LogP contribution in [0.3, 0.4) is 0 Å². The summed E-state index contributed by atoms with van der Waals surface area (Å²) in [5.74, 6) is 0. The maximum absolute atomic E-state index is 4.47. The van der Waals surface area contributed by atoms with Crippen LogP contribution in [0.5, 0.6) is 0 Å². The summed E-state index contributed by atoms with van der Waals surface area (Å²) in [6.07, 6.45) is 0.897. The van der Waals surface area contributed by atoms with E-state index in [0.29, 0.717) is 0 Å². The van der Waals surface area contributed by atoms with Crippen molar-refractivity contribution >= 4 is 31.9 Å². The van der Waals surface area contributed by atoms with Gasteiger partial charge in [-0.25, -0.2) is 0 Å². The van der Waals surface area contributed by atoms with Crippen LogP contribution in [0.4, 0.5) is 0 Å². The molecule has 2 aromatic rings. The van der Waals surface area contributed by atoms with Gasteiger partial charge in [0.05, 0.1) is 15.9 Å². The average Bonchev–Trinajstić information content (AvgIpc) is 2.65. The minimum atomic E-state index is 0.265. The fourth-order valence-corrected chi connectivity index (χ4v) is 3.45. The van der Waals surface area contributed by atoms with Crippen molar-refractivity contribution in [2.45, 2.75) is 26.3 Å². The number of likely N-dealkylation sites (N-methyl/N-ethyl adjacent to an activating group) is 1. The fraction of sp³-hybridized carbons (Fsp3) is 0.400. The zero-order valence-corrected chi connectivity index (χ0v) is 15.1. The number of halogens is 2. The molecule has 1 heterocycles. The molecule has 3 nitrogen and oxygen atoms in total. The fourth-order valence-electron chi connectivity index (χ4n) is 2.39. The molecule has 0 fully saturated rings. The van der Waals surface area contributed by atoms with E-state index < -0.39 is 0 Å². The molecular formula is C15H19Br2N3. The number of nitrogens with one attached hydrogen (secondary N) is 1. The van der Waals surface area contributed by atoms with Gasteiger partial charge in [0.15, 0.2) is 0 Å². The SMILES string of the molecule is CCNC(Cc1c(Br)c(C)nn1C)c1ccccc1Br. The predicted molar refractivity (Wildman–Crippen MR) is 89.9 cm³/mol. The van der Waals surface area contributed by atoms with Crippen LogP contribution in [0, 0.1) is 6.92 Å². The van der Waals surface area contributed by atoms with Crippen molar-refractivity contribution in [1.82, 2.24) is 15.1 Å². The van der Waals surface area contributed by atoms with E-state index >= 15 is 0 Å². The summed E-state index contributed by atoms with van der Waals surface area (Å²) in [6.45, 7) is 5.09. The first-order valence-corrected chi connectivity index (χ1v) is 8.29. The third-order valence-electron chi connectivity index (χ3n) is 3.39. The highest BCUT2D eigenvalue weighted by Crippen LogP contribution is 2.29. The van der Waals surface area contributed by atoms with E-state index in [0.717, 1.165) is 27.6 Å². The van der Waals surface area contributed by atoms with Crippen LogP contribution in [0.15, 0.2) is 33.2 Å². The zero-order valence-electron chi connectivity index (χ0n) is 12.0. The molecule has 0 saturated heterocycles. The number of benzene rings is 1. The lowest BCUT2D eigenvalue weighted by Gasteiger charge is -2.20. The van der Waals surface area contributed by atoms with E-state index in [-0.39, 0.29) is 6.04 Å². The van der Waals surface area contributed by atoms with Crippen LogP contribution in [-0.4, -0.2) is 16.3 Å². The van der Waals surface area contributed by atoms with Crippen LogP contribution >= 0.6 is 31.9 Å². The monoisotopic (exact) mass is 399 g/mol. The van der Waals surface area contributed by atoms with Gasteiger partial charge in [0.2, 0.25) is 0 Å². The molecule has 0 bridgehead atoms. The number of aryl methyl sites for hydroxylation is 2. The van der Waals surface area contributed by atoms with Gasteiger partial charge in [-0.2, -0.15) is 5.10 Å². The van der Waals surface area contributed by atoms with Crippen LogP contribution in [0.2, 0.25) is 0 Å². The summed E-state index contributed by atoms with van der Waals surface area (Å²) in [4.78, 5) is 0. The Morgan fingerprint density at radius 2 is 2.00 bits per heavy atom. The highest BCUT2D eigenvalue weighted by molar-refractivity contribution is 9.10. The van der Waals surface area contributed by atoms with Crippen LogP contribution in [0.1, 0.15) is 29.9 Å². The van der Waals surface area contributed by atoms with Gasteiger partial charge in [-0.1, -0.05) is 41.1 Å². The average molecular weight is 401 g/mol. The van der Waals surface area contributed by atoms with Gasteiger partial charge in [0.1, 0.15) is 0 Å². The molecule has 108 valence electrons. The number of hydrogen-bond acceptors (Lipinski definition) is 2. The maximum atomic E-state index is 4.47. The molecule has 1 atom stereocenters. The molecule has 20 heavy (non-hydrogen) atoms. The predicted octanol–water partition coefficient (Wildman–Crippen LogP) is 4.15. The molecule has 2 rings (SSSR count). The molecule has 0 amide bonds.